The van der Waals surface area contributed by atoms with Gasteiger partial charge in [-0.05, 0) is 25.0 Å². The highest BCUT2D eigenvalue weighted by molar-refractivity contribution is 5.87. The number of carbonyl (C=O) groups is 1. The molecule has 0 spiro atoms. The maximum absolute atomic E-state index is 11.8. The lowest BCUT2D eigenvalue weighted by molar-refractivity contribution is -0.126. The third-order valence-electron chi connectivity index (χ3n) is 5.06. The van der Waals surface area contributed by atoms with Gasteiger partial charge in [-0.1, -0.05) is 6.58 Å². The van der Waals surface area contributed by atoms with Crippen LogP contribution in [0.3, 0.4) is 0 Å². The van der Waals surface area contributed by atoms with Gasteiger partial charge in [0.15, 0.2) is 0 Å². The van der Waals surface area contributed by atoms with E-state index in [2.05, 4.69) is 16.8 Å². The maximum atomic E-state index is 11.8. The third-order valence-corrected chi connectivity index (χ3v) is 5.06. The van der Waals surface area contributed by atoms with Crippen LogP contribution in [0.15, 0.2) is 43.5 Å². The zero-order valence-corrected chi connectivity index (χ0v) is 15.4. The van der Waals surface area contributed by atoms with Gasteiger partial charge >= 0.3 is 0 Å². The Hall–Kier alpha value is -3.16. The van der Waals surface area contributed by atoms with Crippen LogP contribution >= 0.6 is 0 Å². The fraction of sp³-hybridized carbons (Fsp3) is 0.368. The van der Waals surface area contributed by atoms with E-state index in [-0.39, 0.29) is 18.1 Å². The third kappa shape index (κ3) is 3.30. The molecule has 1 saturated carbocycles. The summed E-state index contributed by atoms with van der Waals surface area (Å²) in [7, 11) is 3.68. The number of aryl methyl sites for hydroxylation is 1. The molecule has 0 saturated heterocycles. The van der Waals surface area contributed by atoms with Crippen molar-refractivity contribution in [3.05, 3.63) is 43.5 Å². The van der Waals surface area contributed by atoms with Crippen LogP contribution in [0.4, 0.5) is 0 Å². The van der Waals surface area contributed by atoms with Crippen LogP contribution in [0.2, 0.25) is 0 Å². The standard InChI is InChI=1S/C19H22N6O2/c1-4-18(26)24(3)14-5-6-15(9-14)27-19-17-7-8-20-25(17)12-16(22-19)13-10-21-23(2)11-13/h4,7-8,10-12,14-15H,1,5-6,9H2,2-3H3. The molecule has 1 aliphatic rings. The molecule has 27 heavy (non-hydrogen) atoms. The number of nitrogens with zero attached hydrogens (tertiary/aromatic N) is 6. The minimum Gasteiger partial charge on any atom is -0.473 e. The fourth-order valence-electron chi connectivity index (χ4n) is 3.54. The van der Waals surface area contributed by atoms with E-state index in [1.165, 1.54) is 6.08 Å². The van der Waals surface area contributed by atoms with E-state index in [0.717, 1.165) is 36.0 Å². The van der Waals surface area contributed by atoms with Crippen LogP contribution < -0.4 is 4.74 Å². The lowest BCUT2D eigenvalue weighted by Gasteiger charge is -2.23. The fourth-order valence-corrected chi connectivity index (χ4v) is 3.54. The molecule has 1 aliphatic carbocycles. The Morgan fingerprint density at radius 1 is 1.37 bits per heavy atom. The van der Waals surface area contributed by atoms with Crippen molar-refractivity contribution in [3.63, 3.8) is 0 Å². The van der Waals surface area contributed by atoms with Crippen molar-refractivity contribution in [2.45, 2.75) is 31.4 Å². The van der Waals surface area contributed by atoms with Crippen LogP contribution in [-0.2, 0) is 11.8 Å². The number of likely N-dealkylation sites (N-methyl/N-ethyl adjacent to an activating group) is 1. The molecule has 2 atom stereocenters. The van der Waals surface area contributed by atoms with Crippen molar-refractivity contribution in [3.8, 4) is 17.1 Å². The summed E-state index contributed by atoms with van der Waals surface area (Å²) in [4.78, 5) is 18.3. The van der Waals surface area contributed by atoms with Gasteiger partial charge < -0.3 is 9.64 Å². The van der Waals surface area contributed by atoms with Crippen LogP contribution in [0.25, 0.3) is 16.8 Å². The number of hydrogen-bond donors (Lipinski definition) is 0. The highest BCUT2D eigenvalue weighted by Crippen LogP contribution is 2.30. The quantitative estimate of drug-likeness (QED) is 0.646. The Morgan fingerprint density at radius 3 is 2.96 bits per heavy atom. The summed E-state index contributed by atoms with van der Waals surface area (Å²) in [6.07, 6.45) is 11.2. The Morgan fingerprint density at radius 2 is 2.22 bits per heavy atom. The van der Waals surface area contributed by atoms with Crippen molar-refractivity contribution >= 4 is 11.4 Å². The number of fused-ring (bicyclic) bond motifs is 1. The zero-order valence-electron chi connectivity index (χ0n) is 15.4. The summed E-state index contributed by atoms with van der Waals surface area (Å²) in [5.41, 5.74) is 2.48. The van der Waals surface area contributed by atoms with E-state index in [9.17, 15) is 4.79 Å². The van der Waals surface area contributed by atoms with Crippen LogP contribution in [-0.4, -0.2) is 54.4 Å². The molecule has 1 amide bonds. The molecular formula is C19H22N6O2. The summed E-state index contributed by atoms with van der Waals surface area (Å²) in [6.45, 7) is 3.56. The minimum atomic E-state index is -0.0597. The van der Waals surface area contributed by atoms with E-state index < -0.39 is 0 Å². The lowest BCUT2D eigenvalue weighted by Crippen LogP contribution is -2.34. The molecule has 4 rings (SSSR count). The molecular weight excluding hydrogens is 344 g/mol. The second-order valence-electron chi connectivity index (χ2n) is 6.85. The molecule has 3 heterocycles. The van der Waals surface area contributed by atoms with Crippen LogP contribution in [0, 0.1) is 0 Å². The smallest absolute Gasteiger partial charge is 0.245 e. The van der Waals surface area contributed by atoms with Gasteiger partial charge in [-0.2, -0.15) is 10.2 Å². The number of ether oxygens (including phenoxy) is 1. The SMILES string of the molecule is C=CC(=O)N(C)C1CCC(Oc2nc(-c3cnn(C)c3)cn3nccc23)C1. The highest BCUT2D eigenvalue weighted by atomic mass is 16.5. The van der Waals surface area contributed by atoms with Crippen LogP contribution in [0.1, 0.15) is 19.3 Å². The Balaban J connectivity index is 1.58. The Kier molecular flexibility index (Phi) is 4.39. The molecule has 8 heteroatoms. The number of aromatic nitrogens is 5. The molecule has 0 radical (unpaired) electrons. The van der Waals surface area contributed by atoms with E-state index >= 15 is 0 Å². The lowest BCUT2D eigenvalue weighted by atomic mass is 10.2. The summed E-state index contributed by atoms with van der Waals surface area (Å²) in [5.74, 6) is 0.493. The van der Waals surface area contributed by atoms with Gasteiger partial charge in [0.05, 0.1) is 24.3 Å². The van der Waals surface area contributed by atoms with Gasteiger partial charge in [-0.15, -0.1) is 0 Å². The predicted octanol–water partition coefficient (Wildman–Crippen LogP) is 2.07. The number of amides is 1. The molecule has 1 fully saturated rings. The van der Waals surface area contributed by atoms with Gasteiger partial charge in [0.25, 0.3) is 0 Å². The van der Waals surface area contributed by atoms with Gasteiger partial charge in [-0.3, -0.25) is 9.48 Å². The molecule has 8 nitrogen and oxygen atoms in total. The molecule has 3 aromatic rings. The van der Waals surface area contributed by atoms with E-state index in [1.54, 1.807) is 26.5 Å². The summed E-state index contributed by atoms with van der Waals surface area (Å²) >= 11 is 0. The van der Waals surface area contributed by atoms with Crippen molar-refractivity contribution in [1.82, 2.24) is 29.3 Å². The highest BCUT2D eigenvalue weighted by Gasteiger charge is 2.31. The first kappa shape index (κ1) is 17.3. The molecule has 0 bridgehead atoms. The summed E-state index contributed by atoms with van der Waals surface area (Å²) in [5, 5.41) is 8.54. The molecule has 0 aromatic carbocycles. The van der Waals surface area contributed by atoms with Gasteiger partial charge in [0.1, 0.15) is 11.6 Å². The van der Waals surface area contributed by atoms with E-state index in [0.29, 0.717) is 5.88 Å². The maximum Gasteiger partial charge on any atom is 0.245 e. The topological polar surface area (TPSA) is 77.6 Å². The molecule has 3 aromatic heterocycles. The van der Waals surface area contributed by atoms with E-state index in [1.807, 2.05) is 32.6 Å². The molecule has 2 unspecified atom stereocenters. The second-order valence-corrected chi connectivity index (χ2v) is 6.85. The average molecular weight is 366 g/mol. The number of hydrogen-bond acceptors (Lipinski definition) is 5. The first-order valence-electron chi connectivity index (χ1n) is 8.94. The molecule has 0 N–H and O–H groups in total. The average Bonchev–Trinajstić information content (AvgIpc) is 3.40. The normalized spacial score (nSPS) is 19.3. The molecule has 140 valence electrons. The van der Waals surface area contributed by atoms with E-state index in [4.69, 9.17) is 9.72 Å². The van der Waals surface area contributed by atoms with Gasteiger partial charge in [-0.25, -0.2) is 9.50 Å². The van der Waals surface area contributed by atoms with Crippen molar-refractivity contribution in [1.29, 1.82) is 0 Å². The molecule has 0 aliphatic heterocycles. The Bertz CT molecular complexity index is 991. The van der Waals surface area contributed by atoms with Gasteiger partial charge in [0.2, 0.25) is 11.8 Å². The zero-order chi connectivity index (χ0) is 19.0. The summed E-state index contributed by atoms with van der Waals surface area (Å²) in [6, 6.07) is 2.04. The summed E-state index contributed by atoms with van der Waals surface area (Å²) < 4.78 is 9.75. The van der Waals surface area contributed by atoms with Crippen LogP contribution in [0.5, 0.6) is 5.88 Å². The number of carbonyl (C=O) groups excluding carboxylic acids is 1. The van der Waals surface area contributed by atoms with Gasteiger partial charge in [0, 0.05) is 38.3 Å². The van der Waals surface area contributed by atoms with Crippen molar-refractivity contribution in [2.24, 2.45) is 7.05 Å². The number of rotatable bonds is 5. The minimum absolute atomic E-state index is 0.00501. The van der Waals surface area contributed by atoms with Crippen molar-refractivity contribution < 1.29 is 9.53 Å². The monoisotopic (exact) mass is 366 g/mol. The first-order valence-corrected chi connectivity index (χ1v) is 8.94. The second kappa shape index (κ2) is 6.86. The first-order chi connectivity index (χ1) is 13.0. The Labute approximate surface area is 157 Å². The predicted molar refractivity (Wildman–Crippen MR) is 100 cm³/mol. The van der Waals surface area contributed by atoms with Crippen molar-refractivity contribution in [2.75, 3.05) is 7.05 Å². The largest absolute Gasteiger partial charge is 0.473 e.